The minimum absolute atomic E-state index is 0.0193. The third-order valence-corrected chi connectivity index (χ3v) is 2.15. The zero-order valence-corrected chi connectivity index (χ0v) is 8.80. The van der Waals surface area contributed by atoms with E-state index in [4.69, 9.17) is 5.73 Å². The Bertz CT molecular complexity index is 340. The van der Waals surface area contributed by atoms with Gasteiger partial charge in [0.1, 0.15) is 0 Å². The maximum absolute atomic E-state index is 10.4. The van der Waals surface area contributed by atoms with Crippen molar-refractivity contribution in [1.82, 2.24) is 5.32 Å². The van der Waals surface area contributed by atoms with Gasteiger partial charge in [0.2, 0.25) is 0 Å². The summed E-state index contributed by atoms with van der Waals surface area (Å²) in [5, 5.41) is 23.1. The Balaban J connectivity index is 2.56. The maximum atomic E-state index is 10.4. The maximum Gasteiger partial charge on any atom is 0.269 e. The van der Waals surface area contributed by atoms with Crippen molar-refractivity contribution < 1.29 is 10.0 Å². The van der Waals surface area contributed by atoms with Gasteiger partial charge in [-0.2, -0.15) is 0 Å². The smallest absolute Gasteiger partial charge is 0.269 e. The van der Waals surface area contributed by atoms with Crippen LogP contribution in [0.2, 0.25) is 0 Å². The van der Waals surface area contributed by atoms with Gasteiger partial charge in [-0.15, -0.1) is 0 Å². The molecule has 0 spiro atoms. The molecule has 0 aliphatic rings. The lowest BCUT2D eigenvalue weighted by Crippen LogP contribution is -2.27. The van der Waals surface area contributed by atoms with Crippen LogP contribution in [0.3, 0.4) is 0 Å². The highest BCUT2D eigenvalue weighted by Crippen LogP contribution is 2.16. The molecule has 0 amide bonds. The van der Waals surface area contributed by atoms with E-state index in [1.807, 2.05) is 0 Å². The van der Waals surface area contributed by atoms with E-state index >= 15 is 0 Å². The van der Waals surface area contributed by atoms with Crippen LogP contribution in [0.5, 0.6) is 0 Å². The summed E-state index contributed by atoms with van der Waals surface area (Å²) in [6, 6.07) is 5.85. The summed E-state index contributed by atoms with van der Waals surface area (Å²) in [5.41, 5.74) is 5.96. The molecule has 0 fully saturated rings. The lowest BCUT2D eigenvalue weighted by Gasteiger charge is -2.11. The Morgan fingerprint density at radius 2 is 2.06 bits per heavy atom. The van der Waals surface area contributed by atoms with Gasteiger partial charge < -0.3 is 16.2 Å². The normalized spacial score (nSPS) is 12.4. The average Bonchev–Trinajstić information content (AvgIpc) is 2.29. The summed E-state index contributed by atoms with van der Waals surface area (Å²) >= 11 is 0. The number of nitro benzene ring substituents is 1. The molecular weight excluding hydrogens is 210 g/mol. The predicted octanol–water partition coefficient (Wildman–Crippen LogP) is 0.177. The monoisotopic (exact) mass is 225 g/mol. The summed E-state index contributed by atoms with van der Waals surface area (Å²) in [6.07, 6.45) is -0.674. The van der Waals surface area contributed by atoms with Crippen molar-refractivity contribution in [2.75, 3.05) is 19.6 Å². The minimum atomic E-state index is -0.674. The number of aliphatic hydroxyl groups is 1. The number of nitro groups is 1. The van der Waals surface area contributed by atoms with E-state index in [1.54, 1.807) is 12.1 Å². The summed E-state index contributed by atoms with van der Waals surface area (Å²) in [7, 11) is 0. The Kier molecular flexibility index (Phi) is 4.84. The Morgan fingerprint density at radius 3 is 2.56 bits per heavy atom. The number of hydrogen-bond acceptors (Lipinski definition) is 5. The van der Waals surface area contributed by atoms with Gasteiger partial charge in [-0.05, 0) is 17.7 Å². The molecule has 0 radical (unpaired) electrons. The van der Waals surface area contributed by atoms with Gasteiger partial charge in [-0.25, -0.2) is 0 Å². The quantitative estimate of drug-likeness (QED) is 0.364. The summed E-state index contributed by atoms with van der Waals surface area (Å²) in [5.74, 6) is 0. The second kappa shape index (κ2) is 6.16. The van der Waals surface area contributed by atoms with E-state index in [9.17, 15) is 15.2 Å². The molecule has 0 saturated carbocycles. The standard InChI is InChI=1S/C10H15N3O3/c11-5-6-12-7-10(14)8-1-3-9(4-2-8)13(15)16/h1-4,10,12,14H,5-7,11H2. The third kappa shape index (κ3) is 3.58. The molecule has 1 aromatic carbocycles. The van der Waals surface area contributed by atoms with Crippen LogP contribution in [0.4, 0.5) is 5.69 Å². The highest BCUT2D eigenvalue weighted by molar-refractivity contribution is 5.33. The number of nitrogens with two attached hydrogens (primary N) is 1. The number of benzene rings is 1. The molecule has 1 unspecified atom stereocenters. The van der Waals surface area contributed by atoms with Gasteiger partial charge in [0.15, 0.2) is 0 Å². The fraction of sp³-hybridized carbons (Fsp3) is 0.400. The van der Waals surface area contributed by atoms with Gasteiger partial charge in [0.25, 0.3) is 5.69 Å². The predicted molar refractivity (Wildman–Crippen MR) is 60.0 cm³/mol. The second-order valence-electron chi connectivity index (χ2n) is 3.36. The van der Waals surface area contributed by atoms with Crippen LogP contribution in [0.15, 0.2) is 24.3 Å². The highest BCUT2D eigenvalue weighted by Gasteiger charge is 2.09. The van der Waals surface area contributed by atoms with Crippen molar-refractivity contribution >= 4 is 5.69 Å². The number of nitrogens with zero attached hydrogens (tertiary/aromatic N) is 1. The Hall–Kier alpha value is -1.50. The first-order valence-corrected chi connectivity index (χ1v) is 4.98. The van der Waals surface area contributed by atoms with Crippen LogP contribution in [-0.2, 0) is 0 Å². The number of non-ortho nitro benzene ring substituents is 1. The molecule has 1 aromatic rings. The van der Waals surface area contributed by atoms with E-state index in [1.165, 1.54) is 12.1 Å². The third-order valence-electron chi connectivity index (χ3n) is 2.15. The average molecular weight is 225 g/mol. The van der Waals surface area contributed by atoms with Crippen LogP contribution in [0.25, 0.3) is 0 Å². The molecule has 0 heterocycles. The van der Waals surface area contributed by atoms with Crippen LogP contribution in [0.1, 0.15) is 11.7 Å². The molecule has 0 saturated heterocycles. The van der Waals surface area contributed by atoms with E-state index in [0.29, 0.717) is 25.2 Å². The summed E-state index contributed by atoms with van der Waals surface area (Å²) < 4.78 is 0. The molecule has 0 aromatic heterocycles. The first kappa shape index (κ1) is 12.6. The van der Waals surface area contributed by atoms with Gasteiger partial charge in [-0.1, -0.05) is 0 Å². The lowest BCUT2D eigenvalue weighted by atomic mass is 10.1. The van der Waals surface area contributed by atoms with Gasteiger partial charge in [0, 0.05) is 31.8 Å². The van der Waals surface area contributed by atoms with Crippen molar-refractivity contribution in [3.8, 4) is 0 Å². The van der Waals surface area contributed by atoms with Crippen molar-refractivity contribution in [3.63, 3.8) is 0 Å². The second-order valence-corrected chi connectivity index (χ2v) is 3.36. The fourth-order valence-electron chi connectivity index (χ4n) is 1.28. The molecule has 6 heteroatoms. The van der Waals surface area contributed by atoms with Gasteiger partial charge in [0.05, 0.1) is 11.0 Å². The van der Waals surface area contributed by atoms with Crippen molar-refractivity contribution in [3.05, 3.63) is 39.9 Å². The molecule has 1 rings (SSSR count). The van der Waals surface area contributed by atoms with E-state index in [0.717, 1.165) is 0 Å². The zero-order chi connectivity index (χ0) is 12.0. The molecule has 0 bridgehead atoms. The van der Waals surface area contributed by atoms with Crippen molar-refractivity contribution in [1.29, 1.82) is 0 Å². The molecular formula is C10H15N3O3. The molecule has 4 N–H and O–H groups in total. The molecule has 16 heavy (non-hydrogen) atoms. The lowest BCUT2D eigenvalue weighted by molar-refractivity contribution is -0.384. The van der Waals surface area contributed by atoms with Crippen LogP contribution in [0, 0.1) is 10.1 Å². The van der Waals surface area contributed by atoms with Crippen LogP contribution in [-0.4, -0.2) is 29.7 Å². The van der Waals surface area contributed by atoms with Crippen molar-refractivity contribution in [2.24, 2.45) is 5.73 Å². The van der Waals surface area contributed by atoms with E-state index in [-0.39, 0.29) is 5.69 Å². The topological polar surface area (TPSA) is 101 Å². The minimum Gasteiger partial charge on any atom is -0.387 e. The zero-order valence-electron chi connectivity index (χ0n) is 8.80. The van der Waals surface area contributed by atoms with Crippen molar-refractivity contribution in [2.45, 2.75) is 6.10 Å². The van der Waals surface area contributed by atoms with Gasteiger partial charge in [-0.3, -0.25) is 10.1 Å². The number of hydrogen-bond donors (Lipinski definition) is 3. The molecule has 1 atom stereocenters. The highest BCUT2D eigenvalue weighted by atomic mass is 16.6. The fourth-order valence-corrected chi connectivity index (χ4v) is 1.28. The Labute approximate surface area is 93.2 Å². The number of rotatable bonds is 6. The molecule has 88 valence electrons. The largest absolute Gasteiger partial charge is 0.387 e. The Morgan fingerprint density at radius 1 is 1.44 bits per heavy atom. The van der Waals surface area contributed by atoms with Crippen LogP contribution >= 0.6 is 0 Å². The summed E-state index contributed by atoms with van der Waals surface area (Å²) in [6.45, 7) is 1.52. The van der Waals surface area contributed by atoms with E-state index < -0.39 is 11.0 Å². The number of aliphatic hydroxyl groups excluding tert-OH is 1. The molecule has 0 aliphatic heterocycles. The number of nitrogens with one attached hydrogen (secondary N) is 1. The SMILES string of the molecule is NCCNCC(O)c1ccc([N+](=O)[O-])cc1. The summed E-state index contributed by atoms with van der Waals surface area (Å²) in [4.78, 5) is 9.94. The van der Waals surface area contributed by atoms with E-state index in [2.05, 4.69) is 5.32 Å². The molecule has 0 aliphatic carbocycles. The first-order valence-electron chi connectivity index (χ1n) is 4.98. The van der Waals surface area contributed by atoms with Gasteiger partial charge >= 0.3 is 0 Å². The van der Waals surface area contributed by atoms with Crippen LogP contribution < -0.4 is 11.1 Å². The first-order chi connectivity index (χ1) is 7.65. The molecule has 6 nitrogen and oxygen atoms in total.